The van der Waals surface area contributed by atoms with Gasteiger partial charge in [-0.2, -0.15) is 0 Å². The van der Waals surface area contributed by atoms with Crippen LogP contribution >= 0.6 is 0 Å². The van der Waals surface area contributed by atoms with Gasteiger partial charge in [-0.25, -0.2) is 4.39 Å². The van der Waals surface area contributed by atoms with Gasteiger partial charge in [0, 0.05) is 6.04 Å². The number of hydrogen-bond acceptors (Lipinski definition) is 1. The number of benzene rings is 1. The van der Waals surface area contributed by atoms with Gasteiger partial charge in [0.15, 0.2) is 0 Å². The Morgan fingerprint density at radius 3 is 2.60 bits per heavy atom. The van der Waals surface area contributed by atoms with Crippen molar-refractivity contribution in [1.82, 2.24) is 5.32 Å². The summed E-state index contributed by atoms with van der Waals surface area (Å²) in [6.07, 6.45) is 9.09. The fraction of sp³-hybridized carbons (Fsp3) is 0.667. The second-order valence-corrected chi connectivity index (χ2v) is 6.64. The van der Waals surface area contributed by atoms with E-state index in [1.807, 2.05) is 6.07 Å². The summed E-state index contributed by atoms with van der Waals surface area (Å²) >= 11 is 0. The van der Waals surface area contributed by atoms with E-state index in [4.69, 9.17) is 0 Å². The molecule has 1 atom stereocenters. The van der Waals surface area contributed by atoms with Gasteiger partial charge in [-0.1, -0.05) is 32.3 Å². The second-order valence-electron chi connectivity index (χ2n) is 6.64. The van der Waals surface area contributed by atoms with Crippen LogP contribution in [-0.4, -0.2) is 6.54 Å². The molecule has 1 unspecified atom stereocenters. The van der Waals surface area contributed by atoms with Crippen molar-refractivity contribution in [2.24, 2.45) is 11.8 Å². The van der Waals surface area contributed by atoms with Gasteiger partial charge in [-0.15, -0.1) is 0 Å². The van der Waals surface area contributed by atoms with E-state index >= 15 is 0 Å². The van der Waals surface area contributed by atoms with Crippen LogP contribution in [0.3, 0.4) is 0 Å². The van der Waals surface area contributed by atoms with Crippen LogP contribution in [0.2, 0.25) is 0 Å². The molecule has 110 valence electrons. The summed E-state index contributed by atoms with van der Waals surface area (Å²) in [5.41, 5.74) is 2.53. The van der Waals surface area contributed by atoms with Crippen molar-refractivity contribution in [3.05, 3.63) is 35.1 Å². The molecule has 20 heavy (non-hydrogen) atoms. The Hall–Kier alpha value is -0.890. The van der Waals surface area contributed by atoms with Gasteiger partial charge in [0.25, 0.3) is 0 Å². The molecule has 0 amide bonds. The lowest BCUT2D eigenvalue weighted by Gasteiger charge is -2.29. The van der Waals surface area contributed by atoms with Crippen LogP contribution in [0.25, 0.3) is 0 Å². The van der Waals surface area contributed by atoms with Gasteiger partial charge >= 0.3 is 0 Å². The third-order valence-electron chi connectivity index (χ3n) is 5.38. The standard InChI is InChI=1S/C18H26FN/c1-2-13-3-5-14(6-4-13)12-20-18-10-7-15-11-16(19)8-9-17(15)18/h8-9,11,13-14,18,20H,2-7,10,12H2,1H3. The minimum atomic E-state index is -0.0951. The lowest BCUT2D eigenvalue weighted by molar-refractivity contribution is 0.256. The Balaban J connectivity index is 1.51. The monoisotopic (exact) mass is 275 g/mol. The number of aryl methyl sites for hydroxylation is 1. The third-order valence-corrected chi connectivity index (χ3v) is 5.38. The van der Waals surface area contributed by atoms with Gasteiger partial charge < -0.3 is 5.32 Å². The molecule has 2 aliphatic rings. The molecule has 3 rings (SSSR count). The van der Waals surface area contributed by atoms with E-state index in [2.05, 4.69) is 12.2 Å². The van der Waals surface area contributed by atoms with Crippen LogP contribution in [0.1, 0.15) is 62.6 Å². The molecule has 0 aliphatic heterocycles. The van der Waals surface area contributed by atoms with Gasteiger partial charge in [-0.3, -0.25) is 0 Å². The van der Waals surface area contributed by atoms with E-state index in [9.17, 15) is 4.39 Å². The normalized spacial score (nSPS) is 29.4. The predicted octanol–water partition coefficient (Wildman–Crippen LogP) is 4.62. The number of halogens is 1. The average molecular weight is 275 g/mol. The molecule has 1 saturated carbocycles. The van der Waals surface area contributed by atoms with Gasteiger partial charge in [0.1, 0.15) is 5.82 Å². The van der Waals surface area contributed by atoms with Crippen LogP contribution in [0.4, 0.5) is 4.39 Å². The largest absolute Gasteiger partial charge is 0.310 e. The van der Waals surface area contributed by atoms with E-state index in [-0.39, 0.29) is 5.82 Å². The van der Waals surface area contributed by atoms with E-state index < -0.39 is 0 Å². The Morgan fingerprint density at radius 2 is 1.85 bits per heavy atom. The van der Waals surface area contributed by atoms with Crippen LogP contribution in [0, 0.1) is 17.7 Å². The molecular formula is C18H26FN. The van der Waals surface area contributed by atoms with Crippen molar-refractivity contribution < 1.29 is 4.39 Å². The molecule has 0 spiro atoms. The summed E-state index contributed by atoms with van der Waals surface area (Å²) in [5, 5.41) is 3.74. The van der Waals surface area contributed by atoms with E-state index in [0.717, 1.165) is 31.2 Å². The number of fused-ring (bicyclic) bond motifs is 1. The molecule has 1 aromatic carbocycles. The average Bonchev–Trinajstić information content (AvgIpc) is 2.88. The summed E-state index contributed by atoms with van der Waals surface area (Å²) < 4.78 is 13.2. The lowest BCUT2D eigenvalue weighted by Crippen LogP contribution is -2.28. The number of nitrogens with one attached hydrogen (secondary N) is 1. The molecule has 1 nitrogen and oxygen atoms in total. The highest BCUT2D eigenvalue weighted by atomic mass is 19.1. The maximum atomic E-state index is 13.2. The third kappa shape index (κ3) is 3.06. The number of rotatable bonds is 4. The molecule has 0 saturated heterocycles. The summed E-state index contributed by atoms with van der Waals surface area (Å²) in [5.74, 6) is 1.73. The Morgan fingerprint density at radius 1 is 1.10 bits per heavy atom. The predicted molar refractivity (Wildman–Crippen MR) is 81.2 cm³/mol. The van der Waals surface area contributed by atoms with E-state index in [0.29, 0.717) is 6.04 Å². The maximum Gasteiger partial charge on any atom is 0.123 e. The van der Waals surface area contributed by atoms with Gasteiger partial charge in [-0.05, 0) is 67.3 Å². The molecule has 1 fully saturated rings. The smallest absolute Gasteiger partial charge is 0.123 e. The first-order valence-electron chi connectivity index (χ1n) is 8.28. The molecule has 0 bridgehead atoms. The van der Waals surface area contributed by atoms with Crippen LogP contribution < -0.4 is 5.32 Å². The molecule has 2 aliphatic carbocycles. The molecule has 2 heteroatoms. The fourth-order valence-electron chi connectivity index (χ4n) is 3.95. The summed E-state index contributed by atoms with van der Waals surface area (Å²) in [6.45, 7) is 3.45. The molecule has 0 radical (unpaired) electrons. The molecular weight excluding hydrogens is 249 g/mol. The van der Waals surface area contributed by atoms with Crippen molar-refractivity contribution in [2.45, 2.75) is 57.9 Å². The van der Waals surface area contributed by atoms with Gasteiger partial charge in [0.05, 0.1) is 0 Å². The number of hydrogen-bond donors (Lipinski definition) is 1. The van der Waals surface area contributed by atoms with Crippen LogP contribution in [-0.2, 0) is 6.42 Å². The molecule has 1 N–H and O–H groups in total. The van der Waals surface area contributed by atoms with E-state index in [1.54, 1.807) is 12.1 Å². The van der Waals surface area contributed by atoms with Crippen molar-refractivity contribution in [2.75, 3.05) is 6.54 Å². The highest BCUT2D eigenvalue weighted by Gasteiger charge is 2.25. The Labute approximate surface area is 122 Å². The Kier molecular flexibility index (Phi) is 4.40. The molecule has 1 aromatic rings. The SMILES string of the molecule is CCC1CCC(CNC2CCc3cc(F)ccc32)CC1. The van der Waals surface area contributed by atoms with Crippen molar-refractivity contribution in [1.29, 1.82) is 0 Å². The van der Waals surface area contributed by atoms with Crippen molar-refractivity contribution >= 4 is 0 Å². The molecule has 0 aromatic heterocycles. The minimum absolute atomic E-state index is 0.0951. The zero-order valence-electron chi connectivity index (χ0n) is 12.5. The van der Waals surface area contributed by atoms with E-state index in [1.165, 1.54) is 43.2 Å². The first-order chi connectivity index (χ1) is 9.76. The zero-order chi connectivity index (χ0) is 13.9. The van der Waals surface area contributed by atoms with Crippen molar-refractivity contribution in [3.8, 4) is 0 Å². The first-order valence-corrected chi connectivity index (χ1v) is 8.28. The van der Waals surface area contributed by atoms with Crippen LogP contribution in [0.15, 0.2) is 18.2 Å². The highest BCUT2D eigenvalue weighted by molar-refractivity contribution is 5.34. The van der Waals surface area contributed by atoms with Crippen LogP contribution in [0.5, 0.6) is 0 Å². The van der Waals surface area contributed by atoms with Crippen molar-refractivity contribution in [3.63, 3.8) is 0 Å². The minimum Gasteiger partial charge on any atom is -0.310 e. The molecule has 0 heterocycles. The topological polar surface area (TPSA) is 12.0 Å². The summed E-state index contributed by atoms with van der Waals surface area (Å²) in [6, 6.07) is 5.74. The highest BCUT2D eigenvalue weighted by Crippen LogP contribution is 2.33. The van der Waals surface area contributed by atoms with Gasteiger partial charge in [0.2, 0.25) is 0 Å². The quantitative estimate of drug-likeness (QED) is 0.845. The summed E-state index contributed by atoms with van der Waals surface area (Å²) in [4.78, 5) is 0. The maximum absolute atomic E-state index is 13.2. The Bertz CT molecular complexity index is 449. The summed E-state index contributed by atoms with van der Waals surface area (Å²) in [7, 11) is 0. The fourth-order valence-corrected chi connectivity index (χ4v) is 3.95. The lowest BCUT2D eigenvalue weighted by atomic mass is 9.81. The second kappa shape index (κ2) is 6.26. The zero-order valence-corrected chi connectivity index (χ0v) is 12.5. The first kappa shape index (κ1) is 14.1.